The van der Waals surface area contributed by atoms with Gasteiger partial charge < -0.3 is 15.5 Å². The minimum atomic E-state index is -1.04. The molecule has 1 unspecified atom stereocenters. The van der Waals surface area contributed by atoms with Gasteiger partial charge in [0.2, 0.25) is 11.8 Å². The third kappa shape index (κ3) is 6.09. The van der Waals surface area contributed by atoms with E-state index in [-0.39, 0.29) is 36.4 Å². The third-order valence-electron chi connectivity index (χ3n) is 5.15. The molecule has 156 valence electrons. The molecule has 1 aliphatic rings. The highest BCUT2D eigenvalue weighted by Crippen LogP contribution is 2.46. The number of nitrogens with one attached hydrogen (secondary N) is 2. The van der Waals surface area contributed by atoms with Gasteiger partial charge in [-0.2, -0.15) is 0 Å². The monoisotopic (exact) mass is 399 g/mol. The number of benzene rings is 1. The number of nitrogens with zero attached hydrogens (tertiary/aromatic N) is 1. The number of likely N-dealkylation sites (N-methyl/N-ethyl adjacent to an activating group) is 1. The van der Waals surface area contributed by atoms with Crippen molar-refractivity contribution in [2.24, 2.45) is 5.92 Å². The number of Topliss-reactive ketones (excluding diaryl/α,β-unsaturated/α-hetero) is 1. The first-order chi connectivity index (χ1) is 13.7. The van der Waals surface area contributed by atoms with Gasteiger partial charge in [-0.25, -0.2) is 0 Å². The van der Waals surface area contributed by atoms with Crippen molar-refractivity contribution in [1.29, 1.82) is 0 Å². The molecule has 0 heterocycles. The Hall–Kier alpha value is -2.80. The van der Waals surface area contributed by atoms with E-state index in [1.165, 1.54) is 13.0 Å². The van der Waals surface area contributed by atoms with Crippen LogP contribution in [-0.4, -0.2) is 60.5 Å². The van der Waals surface area contributed by atoms with Crippen molar-refractivity contribution in [1.82, 2.24) is 15.5 Å². The van der Waals surface area contributed by atoms with E-state index in [4.69, 9.17) is 0 Å². The summed E-state index contributed by atoms with van der Waals surface area (Å²) < 4.78 is 0. The number of allylic oxidation sites excluding steroid dienone is 1. The molecule has 1 saturated carbocycles. The molecule has 7 heteroatoms. The Morgan fingerprint density at radius 1 is 1.24 bits per heavy atom. The number of amides is 2. The smallest absolute Gasteiger partial charge is 0.243 e. The summed E-state index contributed by atoms with van der Waals surface area (Å²) in [6, 6.07) is 8.53. The fourth-order valence-electron chi connectivity index (χ4n) is 3.47. The number of rotatable bonds is 11. The molecule has 29 heavy (non-hydrogen) atoms. The summed E-state index contributed by atoms with van der Waals surface area (Å²) in [5, 5.41) is 5.59. The fraction of sp³-hybridized carbons (Fsp3) is 0.455. The molecule has 0 aliphatic heterocycles. The predicted octanol–water partition coefficient (Wildman–Crippen LogP) is 0.885. The SMILES string of the molecule is C=CC(=O)CC1C[C@@]1(NC(=O)[C@H](Cc1ccccc1)NC(=O)CN(C)C)C(C)=O. The summed E-state index contributed by atoms with van der Waals surface area (Å²) >= 11 is 0. The Morgan fingerprint density at radius 2 is 1.90 bits per heavy atom. The average Bonchev–Trinajstić information content (AvgIpc) is 3.34. The zero-order chi connectivity index (χ0) is 21.6. The Morgan fingerprint density at radius 3 is 2.45 bits per heavy atom. The normalized spacial score (nSPS) is 21.2. The van der Waals surface area contributed by atoms with Crippen molar-refractivity contribution in [3.8, 4) is 0 Å². The van der Waals surface area contributed by atoms with Crippen molar-refractivity contribution in [2.75, 3.05) is 20.6 Å². The zero-order valence-corrected chi connectivity index (χ0v) is 17.2. The van der Waals surface area contributed by atoms with Crippen molar-refractivity contribution in [2.45, 2.75) is 37.8 Å². The maximum Gasteiger partial charge on any atom is 0.243 e. The molecule has 0 bridgehead atoms. The van der Waals surface area contributed by atoms with Gasteiger partial charge in [-0.1, -0.05) is 36.9 Å². The summed E-state index contributed by atoms with van der Waals surface area (Å²) in [4.78, 5) is 50.9. The van der Waals surface area contributed by atoms with Crippen molar-refractivity contribution in [3.05, 3.63) is 48.6 Å². The Kier molecular flexibility index (Phi) is 7.45. The van der Waals surface area contributed by atoms with Gasteiger partial charge in [0, 0.05) is 12.8 Å². The Balaban J connectivity index is 2.14. The van der Waals surface area contributed by atoms with Gasteiger partial charge in [0.15, 0.2) is 11.6 Å². The first kappa shape index (κ1) is 22.5. The molecule has 2 rings (SSSR count). The first-order valence-corrected chi connectivity index (χ1v) is 9.64. The molecule has 2 amide bonds. The molecular formula is C22H29N3O4. The quantitative estimate of drug-likeness (QED) is 0.539. The van der Waals surface area contributed by atoms with Crippen LogP contribution in [-0.2, 0) is 25.6 Å². The summed E-state index contributed by atoms with van der Waals surface area (Å²) in [6.07, 6.45) is 2.11. The summed E-state index contributed by atoms with van der Waals surface area (Å²) in [6.45, 7) is 5.01. The highest BCUT2D eigenvalue weighted by Gasteiger charge is 2.59. The van der Waals surface area contributed by atoms with Crippen LogP contribution in [0, 0.1) is 5.92 Å². The predicted molar refractivity (Wildman–Crippen MR) is 110 cm³/mol. The molecule has 0 aromatic heterocycles. The van der Waals surface area contributed by atoms with E-state index in [9.17, 15) is 19.2 Å². The lowest BCUT2D eigenvalue weighted by atomic mass is 10.0. The fourth-order valence-corrected chi connectivity index (χ4v) is 3.47. The summed E-state index contributed by atoms with van der Waals surface area (Å²) in [5.41, 5.74) is -0.152. The van der Waals surface area contributed by atoms with Crippen LogP contribution < -0.4 is 10.6 Å². The molecule has 1 aromatic carbocycles. The van der Waals surface area contributed by atoms with Crippen LogP contribution in [0.5, 0.6) is 0 Å². The lowest BCUT2D eigenvalue weighted by molar-refractivity contribution is -0.132. The number of carbonyl (C=O) groups excluding carboxylic acids is 4. The Labute approximate surface area is 171 Å². The van der Waals surface area contributed by atoms with E-state index in [2.05, 4.69) is 17.2 Å². The number of hydrogen-bond donors (Lipinski definition) is 2. The topological polar surface area (TPSA) is 95.6 Å². The van der Waals surface area contributed by atoms with Crippen LogP contribution in [0.15, 0.2) is 43.0 Å². The molecule has 1 aliphatic carbocycles. The van der Waals surface area contributed by atoms with Crippen molar-refractivity contribution < 1.29 is 19.2 Å². The van der Waals surface area contributed by atoms with Gasteiger partial charge in [0.1, 0.15) is 11.6 Å². The minimum Gasteiger partial charge on any atom is -0.343 e. The molecule has 7 nitrogen and oxygen atoms in total. The second-order valence-electron chi connectivity index (χ2n) is 7.84. The second-order valence-corrected chi connectivity index (χ2v) is 7.84. The van der Waals surface area contributed by atoms with Gasteiger partial charge in [-0.3, -0.25) is 19.2 Å². The molecule has 1 aromatic rings. The molecule has 2 N–H and O–H groups in total. The number of hydrogen-bond acceptors (Lipinski definition) is 5. The Bertz CT molecular complexity index is 791. The largest absolute Gasteiger partial charge is 0.343 e. The highest BCUT2D eigenvalue weighted by atomic mass is 16.2. The van der Waals surface area contributed by atoms with E-state index in [0.29, 0.717) is 12.8 Å². The van der Waals surface area contributed by atoms with E-state index in [1.807, 2.05) is 30.3 Å². The van der Waals surface area contributed by atoms with Crippen LogP contribution >= 0.6 is 0 Å². The van der Waals surface area contributed by atoms with Crippen LogP contribution in [0.3, 0.4) is 0 Å². The van der Waals surface area contributed by atoms with Gasteiger partial charge in [0.05, 0.1) is 6.54 Å². The minimum absolute atomic E-state index is 0.146. The van der Waals surface area contributed by atoms with Crippen LogP contribution in [0.25, 0.3) is 0 Å². The van der Waals surface area contributed by atoms with Crippen LogP contribution in [0.4, 0.5) is 0 Å². The van der Waals surface area contributed by atoms with Crippen LogP contribution in [0.2, 0.25) is 0 Å². The zero-order valence-electron chi connectivity index (χ0n) is 17.2. The van der Waals surface area contributed by atoms with Crippen LogP contribution in [0.1, 0.15) is 25.3 Å². The molecule has 0 spiro atoms. The number of ketones is 2. The highest BCUT2D eigenvalue weighted by molar-refractivity contribution is 5.99. The maximum atomic E-state index is 13.0. The van der Waals surface area contributed by atoms with E-state index >= 15 is 0 Å². The van der Waals surface area contributed by atoms with E-state index < -0.39 is 17.5 Å². The summed E-state index contributed by atoms with van der Waals surface area (Å²) in [5.74, 6) is -1.30. The second kappa shape index (κ2) is 9.60. The van der Waals surface area contributed by atoms with Gasteiger partial charge >= 0.3 is 0 Å². The molecule has 1 fully saturated rings. The molecular weight excluding hydrogens is 370 g/mol. The number of carbonyl (C=O) groups is 4. The third-order valence-corrected chi connectivity index (χ3v) is 5.15. The maximum absolute atomic E-state index is 13.0. The van der Waals surface area contributed by atoms with Crippen molar-refractivity contribution in [3.63, 3.8) is 0 Å². The van der Waals surface area contributed by atoms with E-state index in [0.717, 1.165) is 5.56 Å². The molecule has 3 atom stereocenters. The molecule has 0 radical (unpaired) electrons. The lowest BCUT2D eigenvalue weighted by Crippen LogP contribution is -2.55. The first-order valence-electron chi connectivity index (χ1n) is 9.64. The standard InChI is InChI=1S/C22H29N3O4/c1-5-18(27)12-17-13-22(17,15(2)26)24-21(29)19(23-20(28)14-25(3)4)11-16-9-7-6-8-10-16/h5-10,17,19H,1,11-14H2,2-4H3,(H,23,28)(H,24,29)/t17?,19-,22+/m0/s1. The van der Waals surface area contributed by atoms with E-state index in [1.54, 1.807) is 19.0 Å². The summed E-state index contributed by atoms with van der Waals surface area (Å²) in [7, 11) is 3.53. The van der Waals surface area contributed by atoms with Gasteiger partial charge in [-0.15, -0.1) is 0 Å². The van der Waals surface area contributed by atoms with Gasteiger partial charge in [0.25, 0.3) is 0 Å². The average molecular weight is 399 g/mol. The van der Waals surface area contributed by atoms with Gasteiger partial charge in [-0.05, 0) is 45.0 Å². The molecule has 0 saturated heterocycles. The van der Waals surface area contributed by atoms with Crippen molar-refractivity contribution >= 4 is 23.4 Å². The lowest BCUT2D eigenvalue weighted by Gasteiger charge is -2.23.